The van der Waals surface area contributed by atoms with Crippen molar-refractivity contribution >= 4 is 23.3 Å². The van der Waals surface area contributed by atoms with Crippen LogP contribution in [-0.4, -0.2) is 32.8 Å². The molecule has 11 heteroatoms. The lowest BCUT2D eigenvalue weighted by molar-refractivity contribution is -0.274. The lowest BCUT2D eigenvalue weighted by Gasteiger charge is -2.24. The van der Waals surface area contributed by atoms with Crippen LogP contribution in [0.4, 0.5) is 18.9 Å². The molecule has 1 aromatic heterocycles. The molecule has 0 spiro atoms. The molecule has 1 heterocycles. The number of carboxylic acid groups (broad SMARTS) is 1. The highest BCUT2D eigenvalue weighted by molar-refractivity contribution is 6.30. The number of aromatic nitrogens is 3. The predicted molar refractivity (Wildman–Crippen MR) is 97.8 cm³/mol. The molecule has 0 aliphatic heterocycles. The maximum atomic E-state index is 12.3. The van der Waals surface area contributed by atoms with Crippen LogP contribution in [0, 0.1) is 0 Å². The largest absolute Gasteiger partial charge is 0.573 e. The SMILES string of the molecule is O=C(O)c1n[nH]nc1CN(Cc1ccc(OC(F)(F)F)cc1)c1ccc(Cl)cc1. The summed E-state index contributed by atoms with van der Waals surface area (Å²) in [6.07, 6.45) is -4.77. The van der Waals surface area contributed by atoms with Gasteiger partial charge in [-0.1, -0.05) is 23.7 Å². The molecule has 0 saturated carbocycles. The Hall–Kier alpha value is -3.27. The van der Waals surface area contributed by atoms with Gasteiger partial charge in [0.25, 0.3) is 0 Å². The van der Waals surface area contributed by atoms with Crippen molar-refractivity contribution in [1.82, 2.24) is 15.4 Å². The zero-order valence-electron chi connectivity index (χ0n) is 14.7. The number of alkyl halides is 3. The summed E-state index contributed by atoms with van der Waals surface area (Å²) in [6.45, 7) is 0.362. The Morgan fingerprint density at radius 1 is 1.07 bits per heavy atom. The first-order chi connectivity index (χ1) is 13.7. The smallest absolute Gasteiger partial charge is 0.476 e. The molecule has 0 saturated heterocycles. The van der Waals surface area contributed by atoms with Crippen molar-refractivity contribution in [2.45, 2.75) is 19.5 Å². The number of aromatic amines is 1. The molecule has 7 nitrogen and oxygen atoms in total. The summed E-state index contributed by atoms with van der Waals surface area (Å²) in [7, 11) is 0. The highest BCUT2D eigenvalue weighted by Gasteiger charge is 2.31. The van der Waals surface area contributed by atoms with Gasteiger partial charge in [-0.15, -0.1) is 18.3 Å². The van der Waals surface area contributed by atoms with Gasteiger partial charge in [0.1, 0.15) is 11.4 Å². The lowest BCUT2D eigenvalue weighted by atomic mass is 10.1. The van der Waals surface area contributed by atoms with Crippen LogP contribution < -0.4 is 9.64 Å². The minimum absolute atomic E-state index is 0.0978. The van der Waals surface area contributed by atoms with Gasteiger partial charge in [0, 0.05) is 17.3 Å². The predicted octanol–water partition coefficient (Wildman–Crippen LogP) is 4.26. The number of carboxylic acids is 1. The minimum atomic E-state index is -4.77. The second-order valence-corrected chi connectivity index (χ2v) is 6.38. The average molecular weight is 427 g/mol. The van der Waals surface area contributed by atoms with E-state index in [0.717, 1.165) is 0 Å². The van der Waals surface area contributed by atoms with Crippen molar-refractivity contribution in [2.24, 2.45) is 0 Å². The Balaban J connectivity index is 1.84. The molecular formula is C18H14ClF3N4O3. The summed E-state index contributed by atoms with van der Waals surface area (Å²) in [5, 5.41) is 19.5. The molecule has 0 radical (unpaired) electrons. The average Bonchev–Trinajstić information content (AvgIpc) is 3.11. The molecule has 0 bridgehead atoms. The van der Waals surface area contributed by atoms with E-state index in [9.17, 15) is 23.1 Å². The third-order valence-corrected chi connectivity index (χ3v) is 4.14. The monoisotopic (exact) mass is 426 g/mol. The number of carbonyl (C=O) groups is 1. The van der Waals surface area contributed by atoms with Gasteiger partial charge in [-0.25, -0.2) is 4.79 Å². The maximum absolute atomic E-state index is 12.3. The molecule has 0 amide bonds. The number of hydrogen-bond donors (Lipinski definition) is 2. The fourth-order valence-electron chi connectivity index (χ4n) is 2.62. The second kappa shape index (κ2) is 8.39. The molecule has 0 unspecified atom stereocenters. The summed E-state index contributed by atoms with van der Waals surface area (Å²) in [4.78, 5) is 13.1. The van der Waals surface area contributed by atoms with Crippen LogP contribution in [0.3, 0.4) is 0 Å². The number of hydrogen-bond acceptors (Lipinski definition) is 5. The van der Waals surface area contributed by atoms with Crippen molar-refractivity contribution in [2.75, 3.05) is 4.90 Å². The van der Waals surface area contributed by atoms with E-state index in [-0.39, 0.29) is 30.2 Å². The highest BCUT2D eigenvalue weighted by atomic mass is 35.5. The van der Waals surface area contributed by atoms with Gasteiger partial charge < -0.3 is 14.7 Å². The molecule has 2 N–H and O–H groups in total. The number of rotatable bonds is 7. The number of nitrogens with zero attached hydrogens (tertiary/aromatic N) is 3. The van der Waals surface area contributed by atoms with Crippen molar-refractivity contribution in [1.29, 1.82) is 0 Å². The number of halogens is 4. The van der Waals surface area contributed by atoms with Crippen LogP contribution in [0.5, 0.6) is 5.75 Å². The summed E-state index contributed by atoms with van der Waals surface area (Å²) in [5.41, 5.74) is 1.39. The molecule has 152 valence electrons. The first kappa shape index (κ1) is 20.5. The molecule has 0 aliphatic rings. The Kier molecular flexibility index (Phi) is 5.92. The summed E-state index contributed by atoms with van der Waals surface area (Å²) < 4.78 is 40.8. The normalized spacial score (nSPS) is 11.3. The van der Waals surface area contributed by atoms with Crippen LogP contribution in [0.25, 0.3) is 0 Å². The molecule has 0 aliphatic carbocycles. The topological polar surface area (TPSA) is 91.3 Å². The third kappa shape index (κ3) is 5.61. The number of benzene rings is 2. The van der Waals surface area contributed by atoms with Gasteiger partial charge in [-0.2, -0.15) is 10.3 Å². The number of ether oxygens (including phenoxy) is 1. The Bertz CT molecular complexity index is 975. The fraction of sp³-hybridized carbons (Fsp3) is 0.167. The second-order valence-electron chi connectivity index (χ2n) is 5.95. The van der Waals surface area contributed by atoms with Crippen molar-refractivity contribution in [3.8, 4) is 5.75 Å². The van der Waals surface area contributed by atoms with Crippen LogP contribution in [0.2, 0.25) is 5.02 Å². The van der Waals surface area contributed by atoms with Crippen LogP contribution in [0.1, 0.15) is 21.7 Å². The first-order valence-corrected chi connectivity index (χ1v) is 8.57. The standard InChI is InChI=1S/C18H14ClF3N4O3/c19-12-3-5-13(6-4-12)26(10-15-16(17(27)28)24-25-23-15)9-11-1-7-14(8-2-11)29-18(20,21)22/h1-8H,9-10H2,(H,27,28)(H,23,24,25). The molecule has 3 aromatic rings. The molecular weight excluding hydrogens is 413 g/mol. The van der Waals surface area contributed by atoms with Crippen LogP contribution >= 0.6 is 11.6 Å². The molecule has 0 atom stereocenters. The Labute approximate surface area is 167 Å². The van der Waals surface area contributed by atoms with Crippen LogP contribution in [-0.2, 0) is 13.1 Å². The van der Waals surface area contributed by atoms with E-state index in [1.807, 2.05) is 0 Å². The number of aromatic carboxylic acids is 1. The Morgan fingerprint density at radius 3 is 2.31 bits per heavy atom. The fourth-order valence-corrected chi connectivity index (χ4v) is 2.75. The maximum Gasteiger partial charge on any atom is 0.573 e. The van der Waals surface area contributed by atoms with Crippen molar-refractivity contribution in [3.05, 3.63) is 70.5 Å². The van der Waals surface area contributed by atoms with Gasteiger partial charge in [0.15, 0.2) is 5.69 Å². The van der Waals surface area contributed by atoms with Gasteiger partial charge >= 0.3 is 12.3 Å². The van der Waals surface area contributed by atoms with Gasteiger partial charge in [0.2, 0.25) is 0 Å². The highest BCUT2D eigenvalue weighted by Crippen LogP contribution is 2.25. The third-order valence-electron chi connectivity index (χ3n) is 3.89. The van der Waals surface area contributed by atoms with Crippen molar-refractivity contribution < 1.29 is 27.8 Å². The molecule has 2 aromatic carbocycles. The van der Waals surface area contributed by atoms with Gasteiger partial charge in [-0.05, 0) is 42.0 Å². The van der Waals surface area contributed by atoms with E-state index in [0.29, 0.717) is 16.3 Å². The summed E-state index contributed by atoms with van der Waals surface area (Å²) in [5.74, 6) is -1.55. The van der Waals surface area contributed by atoms with E-state index >= 15 is 0 Å². The lowest BCUT2D eigenvalue weighted by Crippen LogP contribution is -2.23. The van der Waals surface area contributed by atoms with E-state index in [4.69, 9.17) is 11.6 Å². The van der Waals surface area contributed by atoms with E-state index in [2.05, 4.69) is 20.1 Å². The van der Waals surface area contributed by atoms with Crippen molar-refractivity contribution in [3.63, 3.8) is 0 Å². The molecule has 29 heavy (non-hydrogen) atoms. The van der Waals surface area contributed by atoms with Gasteiger partial charge in [-0.3, -0.25) is 0 Å². The van der Waals surface area contributed by atoms with E-state index < -0.39 is 12.3 Å². The van der Waals surface area contributed by atoms with E-state index in [1.54, 1.807) is 29.2 Å². The zero-order chi connectivity index (χ0) is 21.0. The Morgan fingerprint density at radius 2 is 1.72 bits per heavy atom. The number of anilines is 1. The molecule has 0 fully saturated rings. The summed E-state index contributed by atoms with van der Waals surface area (Å²) in [6, 6.07) is 12.2. The number of H-pyrrole nitrogens is 1. The quantitative estimate of drug-likeness (QED) is 0.586. The molecule has 3 rings (SSSR count). The zero-order valence-corrected chi connectivity index (χ0v) is 15.4. The first-order valence-electron chi connectivity index (χ1n) is 8.19. The van der Waals surface area contributed by atoms with Crippen LogP contribution in [0.15, 0.2) is 48.5 Å². The minimum Gasteiger partial charge on any atom is -0.476 e. The number of nitrogens with one attached hydrogen (secondary N) is 1. The van der Waals surface area contributed by atoms with Gasteiger partial charge in [0.05, 0.1) is 6.54 Å². The van der Waals surface area contributed by atoms with E-state index in [1.165, 1.54) is 24.3 Å². The summed E-state index contributed by atoms with van der Waals surface area (Å²) >= 11 is 5.93.